The van der Waals surface area contributed by atoms with Gasteiger partial charge < -0.3 is 28.9 Å². The van der Waals surface area contributed by atoms with Crippen LogP contribution in [0.1, 0.15) is 11.1 Å². The Hall–Kier alpha value is -8.25. The van der Waals surface area contributed by atoms with Gasteiger partial charge in [0.2, 0.25) is 0 Å². The van der Waals surface area contributed by atoms with E-state index in [1.165, 1.54) is 49.4 Å². The van der Waals surface area contributed by atoms with E-state index in [1.54, 1.807) is 6.92 Å². The zero-order valence-corrected chi connectivity index (χ0v) is 65.9. The summed E-state index contributed by atoms with van der Waals surface area (Å²) in [7, 11) is -66.5. The third kappa shape index (κ3) is 17.4. The average Bonchev–Trinajstić information content (AvgIpc) is 1.60. The van der Waals surface area contributed by atoms with Gasteiger partial charge in [-0.25, -0.2) is 140 Å². The summed E-state index contributed by atoms with van der Waals surface area (Å²) in [6, 6.07) is 23.0. The lowest BCUT2D eigenvalue weighted by Crippen LogP contribution is -2.04. The van der Waals surface area contributed by atoms with E-state index in [1.807, 2.05) is 0 Å². The smallest absolute Gasteiger partial charge is 0.287 e. The number of sulfonamides is 14. The molecule has 7 aromatic carbocycles. The van der Waals surface area contributed by atoms with E-state index in [0.717, 1.165) is 91.4 Å². The number of hydrogen-bond acceptors (Lipinski definition) is 36. The topological polar surface area (TPSA) is 736 Å². The normalized spacial score (nSPS) is 20.9. The molecule has 109 heavy (non-hydrogen) atoms. The molecule has 7 aliphatic rings. The van der Waals surface area contributed by atoms with E-state index in [4.69, 9.17) is 6.57 Å². The molecule has 14 rings (SSSR count). The molecule has 0 saturated heterocycles. The number of nitrogens with zero attached hydrogens (tertiary/aromatic N) is 10. The van der Waals surface area contributed by atoms with Gasteiger partial charge in [0.25, 0.3) is 11.4 Å². The first-order valence-corrected chi connectivity index (χ1v) is 50.7. The fourth-order valence-corrected chi connectivity index (χ4v) is 36.2. The summed E-state index contributed by atoms with van der Waals surface area (Å²) < 4.78 is 381. The van der Waals surface area contributed by atoms with Crippen molar-refractivity contribution in [1.82, 2.24) is 0 Å². The maximum atomic E-state index is 11.5. The van der Waals surface area contributed by atoms with Gasteiger partial charge in [-0.05, 0) is 91.7 Å². The fraction of sp³-hybridized carbons (Fsp3) is 0.0851. The second kappa shape index (κ2) is 28.2. The van der Waals surface area contributed by atoms with E-state index in [0.29, 0.717) is 17.2 Å². The van der Waals surface area contributed by atoms with Crippen LogP contribution in [0.3, 0.4) is 0 Å². The van der Waals surface area contributed by atoms with Crippen molar-refractivity contribution in [3.8, 4) is 0 Å². The molecule has 0 N–H and O–H groups in total. The molecule has 0 aromatic heterocycles. The summed E-state index contributed by atoms with van der Waals surface area (Å²) in [4.78, 5) is 14.6. The van der Waals surface area contributed by atoms with E-state index in [2.05, 4.69) is 33.7 Å². The Morgan fingerprint density at radius 2 is 0.642 bits per heavy atom. The van der Waals surface area contributed by atoms with Gasteiger partial charge in [-0.15, -0.1) is 0 Å². The standard InChI is InChI=1S/C7H3N2O4S2.2C7H6NO6S3.2C7H6NO4S2.2C6H3N2O6S2/c1-8-5-2-3-6-7(4-5)15(12,13)9-14(6,10)11;1-15(9,10)5-2-3-6-7(4-5)17(13,14)8-16(6,11)12;1-15(9,10)5-3-2-4-6-7(5)17(13,14)8-16(6,11)12;1-5-2-3-6-7(4-5)14(11,12)8-13(6,9)10;1-5-3-2-4-6-7(5)14(11,12)8-13(6,9)10;9-8(10)4-1-2-5-6(3-4)16(13,14)7-15(5,11)12;9-8(10)4-2-1-3-5-6(4)16(13,14)7-15(5,11)12/h2-4H;2*2-4H,1H3;2*2-4H,1H3;2*1-3H/q7*-1. The molecule has 0 spiro atoms. The summed E-state index contributed by atoms with van der Waals surface area (Å²) in [5.41, 5.74) is -0.159. The SMILES string of the molecule is CS(=O)(=O)c1ccc2c(c1)S(=O)(=O)[N-]S2(=O)=O.CS(=O)(=O)c1cccc2c1S(=O)(=O)[N-]S2(=O)=O.Cc1ccc2c(c1)S(=O)(=O)[N-]S2(=O)=O.Cc1cccc2c1S(=O)(=O)[N-]S2(=O)=O.O=[N+]([O-])c1ccc2c(c1)S(=O)(=O)[N-]S2(=O)=O.O=[N+]([O-])c1cccc2c1S(=O)(=O)[N-]S2(=O)=O.[C-]#[N+]c1ccc2c(c1)S(=O)(=O)[N-]S2(=O)=O. The van der Waals surface area contributed by atoms with Crippen LogP contribution in [0.4, 0.5) is 17.1 Å². The molecule has 7 aromatic rings. The largest absolute Gasteiger partial charge is 0.428 e. The number of aryl methyl sites for hydroxylation is 2. The average molecular weight is 1830 g/mol. The van der Waals surface area contributed by atoms with Crippen molar-refractivity contribution in [2.24, 2.45) is 0 Å². The predicted octanol–water partition coefficient (Wildman–Crippen LogP) is 2.95. The van der Waals surface area contributed by atoms with Crippen molar-refractivity contribution in [3.05, 3.63) is 199 Å². The highest BCUT2D eigenvalue weighted by atomic mass is 32.3. The minimum Gasteiger partial charge on any atom is -0.428 e. The lowest BCUT2D eigenvalue weighted by atomic mass is 10.2. The first-order valence-electron chi connectivity index (χ1n) is 26.8. The van der Waals surface area contributed by atoms with E-state index < -0.39 is 230 Å². The van der Waals surface area contributed by atoms with Gasteiger partial charge in [0.1, 0.15) is 145 Å². The summed E-state index contributed by atoms with van der Waals surface area (Å²) in [5, 5.41) is 21.0. The number of hydrogen-bond donors (Lipinski definition) is 0. The lowest BCUT2D eigenvalue weighted by molar-refractivity contribution is -0.388. The Morgan fingerprint density at radius 3 is 1.05 bits per heavy atom. The second-order valence-corrected chi connectivity index (χ2v) is 48.8. The van der Waals surface area contributed by atoms with Gasteiger partial charge in [-0.2, -0.15) is 0 Å². The minimum absolute atomic E-state index is 0.0598. The predicted molar refractivity (Wildman–Crippen MR) is 364 cm³/mol. The van der Waals surface area contributed by atoms with Crippen LogP contribution in [0.15, 0.2) is 206 Å². The first kappa shape index (κ1) is 86.3. The summed E-state index contributed by atoms with van der Waals surface area (Å²) in [6.45, 7) is 9.90. The summed E-state index contributed by atoms with van der Waals surface area (Å²) in [5.74, 6) is 0. The number of non-ortho nitro benzene ring substituents is 1. The fourth-order valence-electron chi connectivity index (χ4n) is 9.14. The van der Waals surface area contributed by atoms with Crippen LogP contribution in [0.25, 0.3) is 33.7 Å². The number of nitro groups is 2. The van der Waals surface area contributed by atoms with Crippen molar-refractivity contribution in [2.45, 2.75) is 92.2 Å². The molecule has 46 nitrogen and oxygen atoms in total. The van der Waals surface area contributed by atoms with Crippen LogP contribution in [-0.2, 0) is 160 Å². The molecule has 0 atom stereocenters. The number of sulfone groups is 2. The molecule has 590 valence electrons. The molecule has 0 fully saturated rings. The number of nitro benzene ring substituents is 2. The molecule has 62 heteroatoms. The molecular weight excluding hydrogens is 1790 g/mol. The van der Waals surface area contributed by atoms with Gasteiger partial charge in [0.15, 0.2) is 25.4 Å². The monoisotopic (exact) mass is 1820 g/mol. The molecule has 0 saturated carbocycles. The molecule has 7 heterocycles. The van der Waals surface area contributed by atoms with Crippen LogP contribution in [0.2, 0.25) is 0 Å². The Bertz CT molecular complexity index is 7270. The van der Waals surface area contributed by atoms with Crippen LogP contribution in [0.5, 0.6) is 0 Å². The number of benzene rings is 7. The molecule has 0 amide bonds. The molecule has 7 aliphatic heterocycles. The molecule has 0 bridgehead atoms. The molecule has 0 unspecified atom stereocenters. The minimum atomic E-state index is -4.49. The van der Waals surface area contributed by atoms with Crippen molar-refractivity contribution < 1.29 is 145 Å². The highest BCUT2D eigenvalue weighted by Gasteiger charge is 2.37. The quantitative estimate of drug-likeness (QED) is 0.139. The van der Waals surface area contributed by atoms with Crippen molar-refractivity contribution in [2.75, 3.05) is 12.5 Å². The van der Waals surface area contributed by atoms with Crippen LogP contribution >= 0.6 is 0 Å². The van der Waals surface area contributed by atoms with Crippen LogP contribution in [-0.4, -0.2) is 157 Å². The van der Waals surface area contributed by atoms with Crippen molar-refractivity contribution in [1.29, 1.82) is 0 Å². The van der Waals surface area contributed by atoms with Crippen molar-refractivity contribution >= 4 is 177 Å². The molecular formula is C47H33N10O36S16-7. The summed E-state index contributed by atoms with van der Waals surface area (Å²) in [6.07, 6.45) is 1.69. The Labute approximate surface area is 619 Å². The Morgan fingerprint density at radius 1 is 0.321 bits per heavy atom. The maximum absolute atomic E-state index is 11.5. The van der Waals surface area contributed by atoms with Gasteiger partial charge in [-0.1, -0.05) is 42.5 Å². The van der Waals surface area contributed by atoms with E-state index >= 15 is 0 Å². The molecule has 0 aliphatic carbocycles. The summed E-state index contributed by atoms with van der Waals surface area (Å²) >= 11 is 0. The first-order chi connectivity index (χ1) is 49.1. The second-order valence-electron chi connectivity index (χ2n) is 21.3. The molecule has 0 radical (unpaired) electrons. The lowest BCUT2D eigenvalue weighted by Gasteiger charge is -2.08. The van der Waals surface area contributed by atoms with Crippen molar-refractivity contribution in [3.63, 3.8) is 0 Å². The maximum Gasteiger partial charge on any atom is 0.287 e. The Balaban J connectivity index is 0.000000160. The highest BCUT2D eigenvalue weighted by Crippen LogP contribution is 2.47. The highest BCUT2D eigenvalue weighted by molar-refractivity contribution is 8.17. The zero-order valence-electron chi connectivity index (χ0n) is 52.8. The van der Waals surface area contributed by atoms with Crippen LogP contribution < -0.4 is 0 Å². The Kier molecular flexibility index (Phi) is 22.3. The number of fused-ring (bicyclic) bond motifs is 7. The third-order valence-corrected chi connectivity index (χ3v) is 40.7. The van der Waals surface area contributed by atoms with E-state index in [9.17, 15) is 155 Å². The number of rotatable bonds is 4. The van der Waals surface area contributed by atoms with E-state index in [-0.39, 0.29) is 35.1 Å². The third-order valence-electron chi connectivity index (χ3n) is 13.5. The van der Waals surface area contributed by atoms with Crippen LogP contribution in [0, 0.1) is 40.6 Å². The van der Waals surface area contributed by atoms with Gasteiger partial charge in [-0.3, -0.25) is 20.2 Å². The van der Waals surface area contributed by atoms with Gasteiger partial charge in [0, 0.05) is 30.7 Å². The van der Waals surface area contributed by atoms with Gasteiger partial charge in [0.05, 0.1) is 89.9 Å². The van der Waals surface area contributed by atoms with Gasteiger partial charge >= 0.3 is 0 Å². The zero-order chi connectivity index (χ0) is 82.8.